The molecule has 3 heterocycles. The van der Waals surface area contributed by atoms with E-state index in [1.54, 1.807) is 18.4 Å². The lowest BCUT2D eigenvalue weighted by Gasteiger charge is -2.28. The molecule has 6 heteroatoms. The van der Waals surface area contributed by atoms with Gasteiger partial charge in [0.1, 0.15) is 17.3 Å². The van der Waals surface area contributed by atoms with E-state index in [0.29, 0.717) is 23.8 Å². The van der Waals surface area contributed by atoms with Crippen molar-refractivity contribution in [1.29, 1.82) is 0 Å². The maximum Gasteiger partial charge on any atom is 0.270 e. The van der Waals surface area contributed by atoms with Crippen LogP contribution in [-0.2, 0) is 6.54 Å². The van der Waals surface area contributed by atoms with Crippen LogP contribution in [0.1, 0.15) is 35.5 Å². The Morgan fingerprint density at radius 2 is 1.85 bits per heavy atom. The van der Waals surface area contributed by atoms with Crippen molar-refractivity contribution in [2.75, 3.05) is 18.0 Å². The van der Waals surface area contributed by atoms with Gasteiger partial charge < -0.3 is 14.6 Å². The molecule has 0 spiro atoms. The van der Waals surface area contributed by atoms with Gasteiger partial charge in [-0.15, -0.1) is 0 Å². The second kappa shape index (κ2) is 8.03. The molecule has 0 aliphatic carbocycles. The fourth-order valence-corrected chi connectivity index (χ4v) is 3.22. The highest BCUT2D eigenvalue weighted by molar-refractivity contribution is 5.93. The molecule has 1 fully saturated rings. The van der Waals surface area contributed by atoms with Gasteiger partial charge in [0.15, 0.2) is 5.82 Å². The van der Waals surface area contributed by atoms with E-state index in [4.69, 9.17) is 9.40 Å². The zero-order valence-electron chi connectivity index (χ0n) is 15.1. The van der Waals surface area contributed by atoms with Crippen molar-refractivity contribution in [2.45, 2.75) is 25.8 Å². The highest BCUT2D eigenvalue weighted by Gasteiger charge is 2.18. The first-order chi connectivity index (χ1) is 13.3. The van der Waals surface area contributed by atoms with Gasteiger partial charge in [0.05, 0.1) is 12.8 Å². The number of amides is 1. The van der Waals surface area contributed by atoms with Gasteiger partial charge in [0.25, 0.3) is 5.91 Å². The SMILES string of the molecule is O=C(NCc1ccco1)c1cc(N2CCCCC2)nc(-c2ccccc2)n1. The summed E-state index contributed by atoms with van der Waals surface area (Å²) in [4.78, 5) is 24.2. The number of furan rings is 1. The van der Waals surface area contributed by atoms with E-state index < -0.39 is 0 Å². The molecule has 1 saturated heterocycles. The monoisotopic (exact) mass is 362 g/mol. The normalized spacial score (nSPS) is 14.1. The molecule has 138 valence electrons. The summed E-state index contributed by atoms with van der Waals surface area (Å²) in [7, 11) is 0. The summed E-state index contributed by atoms with van der Waals surface area (Å²) >= 11 is 0. The number of carbonyl (C=O) groups excluding carboxylic acids is 1. The van der Waals surface area contributed by atoms with E-state index in [2.05, 4.69) is 15.2 Å². The Kier molecular flexibility index (Phi) is 5.14. The number of anilines is 1. The van der Waals surface area contributed by atoms with Crippen molar-refractivity contribution in [2.24, 2.45) is 0 Å². The first-order valence-corrected chi connectivity index (χ1v) is 9.29. The smallest absolute Gasteiger partial charge is 0.270 e. The van der Waals surface area contributed by atoms with Gasteiger partial charge in [-0.2, -0.15) is 0 Å². The highest BCUT2D eigenvalue weighted by Crippen LogP contribution is 2.23. The van der Waals surface area contributed by atoms with Gasteiger partial charge in [-0.05, 0) is 31.4 Å². The van der Waals surface area contributed by atoms with Gasteiger partial charge >= 0.3 is 0 Å². The molecule has 0 bridgehead atoms. The number of aromatic nitrogens is 2. The summed E-state index contributed by atoms with van der Waals surface area (Å²) in [6.07, 6.45) is 5.12. The number of hydrogen-bond donors (Lipinski definition) is 1. The van der Waals surface area contributed by atoms with Crippen LogP contribution in [-0.4, -0.2) is 29.0 Å². The molecule has 1 amide bonds. The number of benzene rings is 1. The van der Waals surface area contributed by atoms with E-state index in [1.165, 1.54) is 6.42 Å². The molecule has 1 N–H and O–H groups in total. The van der Waals surface area contributed by atoms with E-state index >= 15 is 0 Å². The van der Waals surface area contributed by atoms with Crippen LogP contribution in [0.15, 0.2) is 59.2 Å². The van der Waals surface area contributed by atoms with Gasteiger partial charge in [0, 0.05) is 24.7 Å². The van der Waals surface area contributed by atoms with Crippen LogP contribution in [0.5, 0.6) is 0 Å². The Bertz CT molecular complexity index is 888. The van der Waals surface area contributed by atoms with Crippen molar-refractivity contribution in [1.82, 2.24) is 15.3 Å². The second-order valence-corrected chi connectivity index (χ2v) is 6.61. The number of nitrogens with zero attached hydrogens (tertiary/aromatic N) is 3. The Morgan fingerprint density at radius 1 is 1.04 bits per heavy atom. The van der Waals surface area contributed by atoms with Crippen LogP contribution in [0.4, 0.5) is 5.82 Å². The summed E-state index contributed by atoms with van der Waals surface area (Å²) in [6.45, 7) is 2.24. The quantitative estimate of drug-likeness (QED) is 0.750. The maximum atomic E-state index is 12.7. The molecule has 0 atom stereocenters. The van der Waals surface area contributed by atoms with Crippen LogP contribution < -0.4 is 10.2 Å². The van der Waals surface area contributed by atoms with Crippen molar-refractivity contribution in [3.05, 3.63) is 66.2 Å². The van der Waals surface area contributed by atoms with Crippen LogP contribution in [0, 0.1) is 0 Å². The molecule has 27 heavy (non-hydrogen) atoms. The van der Waals surface area contributed by atoms with Crippen molar-refractivity contribution < 1.29 is 9.21 Å². The lowest BCUT2D eigenvalue weighted by Crippen LogP contribution is -2.31. The third-order valence-corrected chi connectivity index (χ3v) is 4.66. The molecule has 0 radical (unpaired) electrons. The fourth-order valence-electron chi connectivity index (χ4n) is 3.22. The highest BCUT2D eigenvalue weighted by atomic mass is 16.3. The standard InChI is InChI=1S/C21H22N4O2/c26-21(22-15-17-10-7-13-27-17)18-14-19(25-11-5-2-6-12-25)24-20(23-18)16-8-3-1-4-9-16/h1,3-4,7-10,13-14H,2,5-6,11-12,15H2,(H,22,26). The van der Waals surface area contributed by atoms with E-state index in [1.807, 2.05) is 36.4 Å². The summed E-state index contributed by atoms with van der Waals surface area (Å²) in [5.41, 5.74) is 1.27. The number of rotatable bonds is 5. The Morgan fingerprint density at radius 3 is 2.59 bits per heavy atom. The van der Waals surface area contributed by atoms with Gasteiger partial charge in [-0.1, -0.05) is 30.3 Å². The molecule has 1 aliphatic rings. The maximum absolute atomic E-state index is 12.7. The van der Waals surface area contributed by atoms with E-state index in [0.717, 1.165) is 37.3 Å². The lowest BCUT2D eigenvalue weighted by atomic mass is 10.1. The molecular weight excluding hydrogens is 340 g/mol. The first-order valence-electron chi connectivity index (χ1n) is 9.29. The third kappa shape index (κ3) is 4.16. The number of hydrogen-bond acceptors (Lipinski definition) is 5. The first kappa shape index (κ1) is 17.3. The largest absolute Gasteiger partial charge is 0.467 e. The third-order valence-electron chi connectivity index (χ3n) is 4.66. The van der Waals surface area contributed by atoms with Gasteiger partial charge in [0.2, 0.25) is 0 Å². The van der Waals surface area contributed by atoms with Crippen LogP contribution in [0.25, 0.3) is 11.4 Å². The van der Waals surface area contributed by atoms with Crippen molar-refractivity contribution >= 4 is 11.7 Å². The summed E-state index contributed by atoms with van der Waals surface area (Å²) in [5, 5.41) is 2.87. The summed E-state index contributed by atoms with van der Waals surface area (Å²) < 4.78 is 5.28. The van der Waals surface area contributed by atoms with Crippen LogP contribution in [0.2, 0.25) is 0 Å². The topological polar surface area (TPSA) is 71.3 Å². The fraction of sp³-hybridized carbons (Fsp3) is 0.286. The average Bonchev–Trinajstić information content (AvgIpc) is 3.27. The molecule has 0 unspecified atom stereocenters. The molecule has 0 saturated carbocycles. The zero-order chi connectivity index (χ0) is 18.5. The minimum atomic E-state index is -0.232. The molecule has 6 nitrogen and oxygen atoms in total. The van der Waals surface area contributed by atoms with Crippen LogP contribution in [0.3, 0.4) is 0 Å². The minimum absolute atomic E-state index is 0.232. The Hall–Kier alpha value is -3.15. The van der Waals surface area contributed by atoms with Crippen LogP contribution >= 0.6 is 0 Å². The molecule has 2 aromatic heterocycles. The number of nitrogens with one attached hydrogen (secondary N) is 1. The minimum Gasteiger partial charge on any atom is -0.467 e. The predicted octanol–water partition coefficient (Wildman–Crippen LogP) is 3.66. The number of carbonyl (C=O) groups is 1. The van der Waals surface area contributed by atoms with Gasteiger partial charge in [-0.3, -0.25) is 4.79 Å². The molecule has 4 rings (SSSR count). The number of piperidine rings is 1. The Labute approximate surface area is 158 Å². The second-order valence-electron chi connectivity index (χ2n) is 6.61. The van der Waals surface area contributed by atoms with E-state index in [-0.39, 0.29) is 5.91 Å². The molecular formula is C21H22N4O2. The lowest BCUT2D eigenvalue weighted by molar-refractivity contribution is 0.0943. The average molecular weight is 362 g/mol. The summed E-state index contributed by atoms with van der Waals surface area (Å²) in [5.74, 6) is 1.86. The molecule has 3 aromatic rings. The molecule has 1 aliphatic heterocycles. The van der Waals surface area contributed by atoms with Gasteiger partial charge in [-0.25, -0.2) is 9.97 Å². The van der Waals surface area contributed by atoms with Crippen molar-refractivity contribution in [3.8, 4) is 11.4 Å². The van der Waals surface area contributed by atoms with E-state index in [9.17, 15) is 4.79 Å². The predicted molar refractivity (Wildman–Crippen MR) is 103 cm³/mol. The zero-order valence-corrected chi connectivity index (χ0v) is 15.1. The molecule has 1 aromatic carbocycles. The summed E-state index contributed by atoms with van der Waals surface area (Å²) in [6, 6.07) is 15.2. The Balaban J connectivity index is 1.63. The van der Waals surface area contributed by atoms with Crippen molar-refractivity contribution in [3.63, 3.8) is 0 Å².